The summed E-state index contributed by atoms with van der Waals surface area (Å²) >= 11 is 0. The fourth-order valence-electron chi connectivity index (χ4n) is 2.36. The molecule has 1 heterocycles. The summed E-state index contributed by atoms with van der Waals surface area (Å²) in [5, 5.41) is 9.91. The van der Waals surface area contributed by atoms with Crippen LogP contribution >= 0.6 is 0 Å². The highest BCUT2D eigenvalue weighted by atomic mass is 16.5. The van der Waals surface area contributed by atoms with Gasteiger partial charge in [-0.25, -0.2) is 4.98 Å². The van der Waals surface area contributed by atoms with Crippen LogP contribution in [0.4, 0.5) is 0 Å². The van der Waals surface area contributed by atoms with Gasteiger partial charge < -0.3 is 14.3 Å². The second kappa shape index (κ2) is 5.50. The number of ether oxygens (including phenoxy) is 1. The van der Waals surface area contributed by atoms with Crippen LogP contribution in [0.5, 0.6) is 17.2 Å². The summed E-state index contributed by atoms with van der Waals surface area (Å²) in [6.45, 7) is 0. The van der Waals surface area contributed by atoms with E-state index in [4.69, 9.17) is 9.15 Å². The molecule has 0 atom stereocenters. The van der Waals surface area contributed by atoms with Crippen molar-refractivity contribution in [1.82, 2.24) is 4.98 Å². The van der Waals surface area contributed by atoms with Gasteiger partial charge in [-0.05, 0) is 36.4 Å². The minimum atomic E-state index is 0.139. The second-order valence-electron chi connectivity index (χ2n) is 5.08. The van der Waals surface area contributed by atoms with Crippen LogP contribution in [0.2, 0.25) is 0 Å². The lowest BCUT2D eigenvalue weighted by molar-refractivity contribution is 0.474. The Hall–Kier alpha value is -3.27. The van der Waals surface area contributed by atoms with Crippen LogP contribution < -0.4 is 4.74 Å². The lowest BCUT2D eigenvalue weighted by Crippen LogP contribution is -1.82. The van der Waals surface area contributed by atoms with E-state index in [0.29, 0.717) is 28.3 Å². The van der Waals surface area contributed by atoms with Crippen molar-refractivity contribution in [3.63, 3.8) is 0 Å². The average Bonchev–Trinajstić information content (AvgIpc) is 2.99. The van der Waals surface area contributed by atoms with E-state index in [-0.39, 0.29) is 5.75 Å². The smallest absolute Gasteiger partial charge is 0.231 e. The number of hydrogen-bond acceptors (Lipinski definition) is 4. The number of nitrogens with zero attached hydrogens (tertiary/aromatic N) is 1. The molecular formula is C19H13NO3. The minimum absolute atomic E-state index is 0.139. The predicted octanol–water partition coefficient (Wildman–Crippen LogP) is 4.99. The van der Waals surface area contributed by atoms with Crippen molar-refractivity contribution >= 4 is 11.1 Å². The van der Waals surface area contributed by atoms with Gasteiger partial charge in [0.2, 0.25) is 5.89 Å². The molecule has 0 saturated carbocycles. The van der Waals surface area contributed by atoms with Gasteiger partial charge in [0, 0.05) is 6.07 Å². The maximum Gasteiger partial charge on any atom is 0.231 e. The van der Waals surface area contributed by atoms with E-state index in [2.05, 4.69) is 4.98 Å². The van der Waals surface area contributed by atoms with Gasteiger partial charge in [-0.15, -0.1) is 0 Å². The SMILES string of the molecule is Oc1ccccc1-c1nc2ccc(Oc3ccccc3)cc2o1. The normalized spacial score (nSPS) is 10.8. The van der Waals surface area contributed by atoms with Gasteiger partial charge in [-0.1, -0.05) is 30.3 Å². The summed E-state index contributed by atoms with van der Waals surface area (Å²) in [4.78, 5) is 4.41. The number of oxazole rings is 1. The minimum Gasteiger partial charge on any atom is -0.507 e. The molecule has 23 heavy (non-hydrogen) atoms. The van der Waals surface area contributed by atoms with Crippen LogP contribution in [-0.4, -0.2) is 10.1 Å². The quantitative estimate of drug-likeness (QED) is 0.579. The molecule has 4 rings (SSSR count). The molecule has 4 nitrogen and oxygen atoms in total. The summed E-state index contributed by atoms with van der Waals surface area (Å²) < 4.78 is 11.6. The maximum absolute atomic E-state index is 9.91. The lowest BCUT2D eigenvalue weighted by Gasteiger charge is -2.04. The molecule has 0 fully saturated rings. The van der Waals surface area contributed by atoms with Crippen molar-refractivity contribution in [1.29, 1.82) is 0 Å². The molecule has 0 aliphatic heterocycles. The molecule has 3 aromatic carbocycles. The number of rotatable bonds is 3. The Morgan fingerprint density at radius 3 is 2.43 bits per heavy atom. The second-order valence-corrected chi connectivity index (χ2v) is 5.08. The standard InChI is InChI=1S/C19H13NO3/c21-17-9-5-4-8-15(17)19-20-16-11-10-14(12-18(16)23-19)22-13-6-2-1-3-7-13/h1-12,21H. The van der Waals surface area contributed by atoms with Gasteiger partial charge in [0.05, 0.1) is 5.56 Å². The molecule has 0 unspecified atom stereocenters. The van der Waals surface area contributed by atoms with Crippen molar-refractivity contribution in [3.8, 4) is 28.7 Å². The van der Waals surface area contributed by atoms with Crippen LogP contribution in [0.3, 0.4) is 0 Å². The third-order valence-corrected chi connectivity index (χ3v) is 3.47. The third kappa shape index (κ3) is 2.62. The first-order chi connectivity index (χ1) is 11.3. The maximum atomic E-state index is 9.91. The van der Waals surface area contributed by atoms with Crippen LogP contribution in [0.25, 0.3) is 22.6 Å². The zero-order valence-electron chi connectivity index (χ0n) is 12.1. The van der Waals surface area contributed by atoms with Crippen molar-refractivity contribution in [2.75, 3.05) is 0 Å². The van der Waals surface area contributed by atoms with E-state index in [1.807, 2.05) is 48.5 Å². The lowest BCUT2D eigenvalue weighted by atomic mass is 10.2. The number of phenolic OH excluding ortho intramolecular Hbond substituents is 1. The summed E-state index contributed by atoms with van der Waals surface area (Å²) in [6, 6.07) is 22.0. The van der Waals surface area contributed by atoms with Crippen LogP contribution in [-0.2, 0) is 0 Å². The highest BCUT2D eigenvalue weighted by molar-refractivity contribution is 5.78. The van der Waals surface area contributed by atoms with Gasteiger partial charge in [0.1, 0.15) is 22.8 Å². The summed E-state index contributed by atoms with van der Waals surface area (Å²) in [5.41, 5.74) is 1.88. The molecule has 0 spiro atoms. The van der Waals surface area contributed by atoms with E-state index in [1.54, 1.807) is 24.3 Å². The van der Waals surface area contributed by atoms with Gasteiger partial charge in [0.25, 0.3) is 0 Å². The Balaban J connectivity index is 1.71. The number of aromatic hydroxyl groups is 1. The van der Waals surface area contributed by atoms with E-state index in [0.717, 1.165) is 5.75 Å². The van der Waals surface area contributed by atoms with Crippen molar-refractivity contribution < 1.29 is 14.3 Å². The Labute approximate surface area is 132 Å². The molecule has 0 aliphatic rings. The summed E-state index contributed by atoms with van der Waals surface area (Å²) in [6.07, 6.45) is 0. The first-order valence-electron chi connectivity index (χ1n) is 7.21. The summed E-state index contributed by atoms with van der Waals surface area (Å²) in [5.74, 6) is 1.95. The number of hydrogen-bond donors (Lipinski definition) is 1. The Morgan fingerprint density at radius 2 is 1.61 bits per heavy atom. The topological polar surface area (TPSA) is 55.5 Å². The molecular weight excluding hydrogens is 290 g/mol. The molecule has 112 valence electrons. The van der Waals surface area contributed by atoms with Gasteiger partial charge in [-0.3, -0.25) is 0 Å². The largest absolute Gasteiger partial charge is 0.507 e. The van der Waals surface area contributed by atoms with E-state index >= 15 is 0 Å². The molecule has 0 amide bonds. The number of fused-ring (bicyclic) bond motifs is 1. The van der Waals surface area contributed by atoms with E-state index < -0.39 is 0 Å². The average molecular weight is 303 g/mol. The van der Waals surface area contributed by atoms with Gasteiger partial charge in [0.15, 0.2) is 5.58 Å². The van der Waals surface area contributed by atoms with Crippen LogP contribution in [0, 0.1) is 0 Å². The number of benzene rings is 3. The molecule has 0 aliphatic carbocycles. The predicted molar refractivity (Wildman–Crippen MR) is 87.6 cm³/mol. The Kier molecular flexibility index (Phi) is 3.20. The van der Waals surface area contributed by atoms with Crippen molar-refractivity contribution in [2.45, 2.75) is 0 Å². The van der Waals surface area contributed by atoms with Crippen LogP contribution in [0.1, 0.15) is 0 Å². The molecule has 0 bridgehead atoms. The van der Waals surface area contributed by atoms with Crippen LogP contribution in [0.15, 0.2) is 77.2 Å². The van der Waals surface area contributed by atoms with E-state index in [9.17, 15) is 5.11 Å². The fourth-order valence-corrected chi connectivity index (χ4v) is 2.36. The Bertz CT molecular complexity index is 961. The molecule has 0 saturated heterocycles. The first kappa shape index (κ1) is 13.4. The van der Waals surface area contributed by atoms with Crippen molar-refractivity contribution in [3.05, 3.63) is 72.8 Å². The highest BCUT2D eigenvalue weighted by Gasteiger charge is 2.12. The zero-order valence-corrected chi connectivity index (χ0v) is 12.1. The number of aromatic nitrogens is 1. The molecule has 1 aromatic heterocycles. The molecule has 4 aromatic rings. The molecule has 1 N–H and O–H groups in total. The summed E-state index contributed by atoms with van der Waals surface area (Å²) in [7, 11) is 0. The first-order valence-corrected chi connectivity index (χ1v) is 7.21. The van der Waals surface area contributed by atoms with E-state index in [1.165, 1.54) is 0 Å². The fraction of sp³-hybridized carbons (Fsp3) is 0. The monoisotopic (exact) mass is 303 g/mol. The third-order valence-electron chi connectivity index (χ3n) is 3.47. The van der Waals surface area contributed by atoms with Gasteiger partial charge in [-0.2, -0.15) is 0 Å². The van der Waals surface area contributed by atoms with Crippen molar-refractivity contribution in [2.24, 2.45) is 0 Å². The molecule has 0 radical (unpaired) electrons. The highest BCUT2D eigenvalue weighted by Crippen LogP contribution is 2.32. The number of para-hydroxylation sites is 2. The molecule has 4 heteroatoms. The Morgan fingerprint density at radius 1 is 0.826 bits per heavy atom. The number of phenols is 1. The zero-order chi connectivity index (χ0) is 15.6. The van der Waals surface area contributed by atoms with Gasteiger partial charge >= 0.3 is 0 Å².